The summed E-state index contributed by atoms with van der Waals surface area (Å²) in [4.78, 5) is 12.8. The quantitative estimate of drug-likeness (QED) is 0.798. The molecule has 3 nitrogen and oxygen atoms in total. The summed E-state index contributed by atoms with van der Waals surface area (Å²) in [7, 11) is 1.11. The Morgan fingerprint density at radius 3 is 2.50 bits per heavy atom. The third kappa shape index (κ3) is 2.01. The van der Waals surface area contributed by atoms with Crippen molar-refractivity contribution in [3.8, 4) is 5.88 Å². The topological polar surface area (TPSA) is 42.1 Å². The molecule has 14 heavy (non-hydrogen) atoms. The SMILES string of the molecule is COc1[nH]c(C(F)(F)F)cc(=O)c1Cl. The van der Waals surface area contributed by atoms with E-state index in [4.69, 9.17) is 11.6 Å². The number of nitrogens with one attached hydrogen (secondary N) is 1. The Balaban J connectivity index is 3.38. The molecule has 0 unspecified atom stereocenters. The van der Waals surface area contributed by atoms with Gasteiger partial charge in [0.25, 0.3) is 0 Å². The van der Waals surface area contributed by atoms with Gasteiger partial charge in [0, 0.05) is 6.07 Å². The molecule has 0 aliphatic heterocycles. The smallest absolute Gasteiger partial charge is 0.431 e. The number of alkyl halides is 3. The number of ether oxygens (including phenoxy) is 1. The molecule has 0 aromatic carbocycles. The molecule has 1 heterocycles. The lowest BCUT2D eigenvalue weighted by molar-refractivity contribution is -0.141. The second-order valence-electron chi connectivity index (χ2n) is 2.39. The summed E-state index contributed by atoms with van der Waals surface area (Å²) in [5, 5.41) is -0.402. The van der Waals surface area contributed by atoms with Crippen molar-refractivity contribution in [3.05, 3.63) is 27.0 Å². The lowest BCUT2D eigenvalue weighted by Gasteiger charge is -2.09. The highest BCUT2D eigenvalue weighted by Crippen LogP contribution is 2.29. The van der Waals surface area contributed by atoms with Crippen LogP contribution >= 0.6 is 11.6 Å². The van der Waals surface area contributed by atoms with Crippen LogP contribution in [-0.4, -0.2) is 12.1 Å². The first-order valence-corrected chi connectivity index (χ1v) is 3.78. The predicted molar refractivity (Wildman–Crippen MR) is 43.6 cm³/mol. The first-order chi connectivity index (χ1) is 6.36. The van der Waals surface area contributed by atoms with Crippen molar-refractivity contribution < 1.29 is 17.9 Å². The van der Waals surface area contributed by atoms with Crippen LogP contribution in [0.25, 0.3) is 0 Å². The van der Waals surface area contributed by atoms with Crippen molar-refractivity contribution in [2.75, 3.05) is 7.11 Å². The zero-order chi connectivity index (χ0) is 10.9. The maximum atomic E-state index is 12.1. The fourth-order valence-electron chi connectivity index (χ4n) is 0.813. The van der Waals surface area contributed by atoms with Crippen molar-refractivity contribution in [3.63, 3.8) is 0 Å². The summed E-state index contributed by atoms with van der Waals surface area (Å²) in [5.74, 6) is -0.397. The minimum Gasteiger partial charge on any atom is -0.481 e. The lowest BCUT2D eigenvalue weighted by Crippen LogP contribution is -2.15. The molecule has 7 heteroatoms. The second-order valence-corrected chi connectivity index (χ2v) is 2.77. The Morgan fingerprint density at radius 1 is 1.50 bits per heavy atom. The summed E-state index contributed by atoms with van der Waals surface area (Å²) in [6, 6.07) is 0.380. The van der Waals surface area contributed by atoms with Crippen LogP contribution in [-0.2, 0) is 6.18 Å². The van der Waals surface area contributed by atoms with E-state index >= 15 is 0 Å². The fraction of sp³-hybridized carbons (Fsp3) is 0.286. The normalized spacial score (nSPS) is 11.5. The molecule has 1 rings (SSSR count). The molecule has 0 amide bonds. The van der Waals surface area contributed by atoms with Gasteiger partial charge in [-0.15, -0.1) is 0 Å². The summed E-state index contributed by atoms with van der Waals surface area (Å²) < 4.78 is 40.9. The third-order valence-electron chi connectivity index (χ3n) is 1.45. The zero-order valence-electron chi connectivity index (χ0n) is 6.91. The summed E-state index contributed by atoms with van der Waals surface area (Å²) in [6.45, 7) is 0. The third-order valence-corrected chi connectivity index (χ3v) is 1.81. The van der Waals surface area contributed by atoms with Gasteiger partial charge in [0.05, 0.1) is 7.11 Å². The van der Waals surface area contributed by atoms with Crippen LogP contribution in [0, 0.1) is 0 Å². The van der Waals surface area contributed by atoms with Crippen molar-refractivity contribution in [2.24, 2.45) is 0 Å². The van der Waals surface area contributed by atoms with E-state index in [2.05, 4.69) is 4.74 Å². The van der Waals surface area contributed by atoms with Gasteiger partial charge in [-0.25, -0.2) is 0 Å². The van der Waals surface area contributed by atoms with Gasteiger partial charge < -0.3 is 9.72 Å². The van der Waals surface area contributed by atoms with E-state index in [1.807, 2.05) is 4.98 Å². The van der Waals surface area contributed by atoms with E-state index in [1.54, 1.807) is 0 Å². The Bertz CT molecular complexity index is 399. The first-order valence-electron chi connectivity index (χ1n) is 3.40. The molecule has 0 bridgehead atoms. The molecule has 78 valence electrons. The highest BCUT2D eigenvalue weighted by Gasteiger charge is 2.33. The number of rotatable bonds is 1. The molecular weight excluding hydrogens is 223 g/mol. The minimum absolute atomic E-state index is 0.380. The number of hydrogen-bond acceptors (Lipinski definition) is 2. The number of methoxy groups -OCH3 is 1. The molecule has 0 atom stereocenters. The average Bonchev–Trinajstić information content (AvgIpc) is 2.07. The predicted octanol–water partition coefficient (Wildman–Crippen LogP) is 2.06. The average molecular weight is 228 g/mol. The zero-order valence-corrected chi connectivity index (χ0v) is 7.66. The first kappa shape index (κ1) is 10.9. The molecule has 1 N–H and O–H groups in total. The number of hydrogen-bond donors (Lipinski definition) is 1. The largest absolute Gasteiger partial charge is 0.481 e. The van der Waals surface area contributed by atoms with Gasteiger partial charge in [-0.1, -0.05) is 11.6 Å². The molecule has 1 aromatic heterocycles. The summed E-state index contributed by atoms with van der Waals surface area (Å²) in [5.41, 5.74) is -2.13. The highest BCUT2D eigenvalue weighted by molar-refractivity contribution is 6.31. The Labute approximate surface area is 81.5 Å². The lowest BCUT2D eigenvalue weighted by atomic mass is 10.3. The number of aromatic nitrogens is 1. The van der Waals surface area contributed by atoms with E-state index in [-0.39, 0.29) is 0 Å². The molecular formula is C7H5ClF3NO2. The molecule has 0 aliphatic carbocycles. The number of halogens is 4. The second kappa shape index (κ2) is 3.53. The monoisotopic (exact) mass is 227 g/mol. The van der Waals surface area contributed by atoms with Gasteiger partial charge in [0.1, 0.15) is 10.7 Å². The van der Waals surface area contributed by atoms with E-state index in [0.717, 1.165) is 7.11 Å². The molecule has 0 fully saturated rings. The van der Waals surface area contributed by atoms with Gasteiger partial charge in [0.15, 0.2) is 0 Å². The van der Waals surface area contributed by atoms with E-state index in [1.165, 1.54) is 0 Å². The van der Waals surface area contributed by atoms with Crippen LogP contribution in [0.1, 0.15) is 5.69 Å². The van der Waals surface area contributed by atoms with Gasteiger partial charge in [-0.3, -0.25) is 4.79 Å². The van der Waals surface area contributed by atoms with Crippen molar-refractivity contribution >= 4 is 11.6 Å². The number of pyridine rings is 1. The Hall–Kier alpha value is -1.17. The van der Waals surface area contributed by atoms with Gasteiger partial charge >= 0.3 is 6.18 Å². The van der Waals surface area contributed by atoms with E-state index in [9.17, 15) is 18.0 Å². The minimum atomic E-state index is -4.63. The molecule has 0 aliphatic rings. The highest BCUT2D eigenvalue weighted by atomic mass is 35.5. The van der Waals surface area contributed by atoms with E-state index < -0.39 is 28.2 Å². The maximum absolute atomic E-state index is 12.1. The van der Waals surface area contributed by atoms with Crippen LogP contribution in [0.2, 0.25) is 5.02 Å². The number of aromatic amines is 1. The maximum Gasteiger partial charge on any atom is 0.431 e. The van der Waals surface area contributed by atoms with Crippen LogP contribution in [0.3, 0.4) is 0 Å². The van der Waals surface area contributed by atoms with Crippen molar-refractivity contribution in [1.29, 1.82) is 0 Å². The van der Waals surface area contributed by atoms with Gasteiger partial charge in [0.2, 0.25) is 11.3 Å². The molecule has 0 spiro atoms. The Kier molecular flexibility index (Phi) is 2.75. The fourth-order valence-corrected chi connectivity index (χ4v) is 0.992. The standard InChI is InChI=1S/C7H5ClF3NO2/c1-14-6-5(8)3(13)2-4(12-6)7(9,10)11/h2H,1H3,(H,12,13). The van der Waals surface area contributed by atoms with Gasteiger partial charge in [-0.2, -0.15) is 13.2 Å². The van der Waals surface area contributed by atoms with E-state index in [0.29, 0.717) is 6.07 Å². The summed E-state index contributed by atoms with van der Waals surface area (Å²) >= 11 is 5.38. The van der Waals surface area contributed by atoms with Crippen LogP contribution in [0.4, 0.5) is 13.2 Å². The van der Waals surface area contributed by atoms with Crippen molar-refractivity contribution in [2.45, 2.75) is 6.18 Å². The van der Waals surface area contributed by atoms with Crippen LogP contribution in [0.15, 0.2) is 10.9 Å². The van der Waals surface area contributed by atoms with Crippen LogP contribution in [0.5, 0.6) is 5.88 Å². The Morgan fingerprint density at radius 2 is 2.07 bits per heavy atom. The molecule has 0 saturated heterocycles. The van der Waals surface area contributed by atoms with Crippen LogP contribution < -0.4 is 10.2 Å². The van der Waals surface area contributed by atoms with Gasteiger partial charge in [-0.05, 0) is 0 Å². The molecule has 1 aromatic rings. The van der Waals surface area contributed by atoms with Crippen molar-refractivity contribution in [1.82, 2.24) is 4.98 Å². The summed E-state index contributed by atoms with van der Waals surface area (Å²) in [6.07, 6.45) is -4.63. The molecule has 0 saturated carbocycles. The molecule has 0 radical (unpaired) electrons. The number of H-pyrrole nitrogens is 1.